The van der Waals surface area contributed by atoms with Crippen LogP contribution in [0.4, 0.5) is 0 Å². The molecule has 0 aromatic rings. The van der Waals surface area contributed by atoms with Crippen LogP contribution in [0.1, 0.15) is 13.8 Å². The summed E-state index contributed by atoms with van der Waals surface area (Å²) in [6.45, 7) is 4.67. The summed E-state index contributed by atoms with van der Waals surface area (Å²) in [7, 11) is 1.46. The van der Waals surface area contributed by atoms with Crippen molar-refractivity contribution < 1.29 is 14.3 Å². The molecule has 0 saturated heterocycles. The molecule has 0 bridgehead atoms. The van der Waals surface area contributed by atoms with Crippen LogP contribution in [0, 0.1) is 5.92 Å². The highest BCUT2D eigenvalue weighted by Crippen LogP contribution is 1.86. The number of methoxy groups -OCH3 is 1. The Balaban J connectivity index is 3.70. The van der Waals surface area contributed by atoms with E-state index in [4.69, 9.17) is 10.5 Å². The van der Waals surface area contributed by atoms with Gasteiger partial charge in [0.15, 0.2) is 0 Å². The van der Waals surface area contributed by atoms with Gasteiger partial charge in [-0.1, -0.05) is 13.8 Å². The van der Waals surface area contributed by atoms with Crippen molar-refractivity contribution in [2.45, 2.75) is 19.9 Å². The van der Waals surface area contributed by atoms with Gasteiger partial charge in [-0.3, -0.25) is 9.59 Å². The number of hydrogen-bond donors (Lipinski definition) is 3. The predicted molar refractivity (Wildman–Crippen MR) is 60.7 cm³/mol. The van der Waals surface area contributed by atoms with Crippen LogP contribution in [-0.2, 0) is 14.3 Å². The molecule has 94 valence electrons. The number of nitrogens with two attached hydrogens (primary N) is 1. The number of carbonyl (C=O) groups is 2. The lowest BCUT2D eigenvalue weighted by molar-refractivity contribution is -0.127. The number of hydrogen-bond acceptors (Lipinski definition) is 4. The second kappa shape index (κ2) is 8.06. The van der Waals surface area contributed by atoms with Gasteiger partial charge in [0.25, 0.3) is 0 Å². The van der Waals surface area contributed by atoms with Crippen molar-refractivity contribution >= 4 is 11.8 Å². The molecule has 4 N–H and O–H groups in total. The van der Waals surface area contributed by atoms with Crippen LogP contribution in [0.3, 0.4) is 0 Å². The Morgan fingerprint density at radius 1 is 1.31 bits per heavy atom. The van der Waals surface area contributed by atoms with E-state index < -0.39 is 6.04 Å². The molecule has 6 heteroatoms. The minimum absolute atomic E-state index is 0.0526. The molecule has 0 aliphatic heterocycles. The maximum Gasteiger partial charge on any atom is 0.239 e. The van der Waals surface area contributed by atoms with Crippen molar-refractivity contribution in [3.63, 3.8) is 0 Å². The minimum Gasteiger partial charge on any atom is -0.383 e. The Hall–Kier alpha value is -1.14. The number of carbonyl (C=O) groups excluding carboxylic acids is 2. The fourth-order valence-corrected chi connectivity index (χ4v) is 0.934. The molecule has 0 aliphatic carbocycles. The Bertz CT molecular complexity index is 231. The molecule has 0 rings (SSSR count). The molecule has 2 amide bonds. The first kappa shape index (κ1) is 14.9. The fourth-order valence-electron chi connectivity index (χ4n) is 0.934. The molecule has 0 aromatic heterocycles. The first-order valence-electron chi connectivity index (χ1n) is 5.26. The summed E-state index contributed by atoms with van der Waals surface area (Å²) in [6.07, 6.45) is 0. The average molecular weight is 231 g/mol. The molecular formula is C10H21N3O3. The Morgan fingerprint density at radius 3 is 2.44 bits per heavy atom. The summed E-state index contributed by atoms with van der Waals surface area (Å²) in [5.41, 5.74) is 5.47. The zero-order chi connectivity index (χ0) is 12.6. The van der Waals surface area contributed by atoms with Gasteiger partial charge in [0.1, 0.15) is 6.04 Å². The van der Waals surface area contributed by atoms with Crippen LogP contribution >= 0.6 is 0 Å². The Labute approximate surface area is 95.9 Å². The van der Waals surface area contributed by atoms with E-state index >= 15 is 0 Å². The molecule has 16 heavy (non-hydrogen) atoms. The van der Waals surface area contributed by atoms with Gasteiger partial charge in [-0.25, -0.2) is 0 Å². The Kier molecular flexibility index (Phi) is 7.49. The second-order valence-corrected chi connectivity index (χ2v) is 3.98. The molecule has 0 fully saturated rings. The maximum absolute atomic E-state index is 11.3. The largest absolute Gasteiger partial charge is 0.383 e. The molecule has 6 nitrogen and oxygen atoms in total. The van der Waals surface area contributed by atoms with Crippen LogP contribution in [-0.4, -0.2) is 44.7 Å². The van der Waals surface area contributed by atoms with Gasteiger partial charge in [0.05, 0.1) is 13.2 Å². The van der Waals surface area contributed by atoms with Crippen LogP contribution in [0.5, 0.6) is 0 Å². The second-order valence-electron chi connectivity index (χ2n) is 3.98. The van der Waals surface area contributed by atoms with Gasteiger partial charge < -0.3 is 21.1 Å². The van der Waals surface area contributed by atoms with Gasteiger partial charge in [0.2, 0.25) is 11.8 Å². The van der Waals surface area contributed by atoms with Crippen LogP contribution in [0.15, 0.2) is 0 Å². The van der Waals surface area contributed by atoms with Crippen LogP contribution in [0.2, 0.25) is 0 Å². The summed E-state index contributed by atoms with van der Waals surface area (Å²) in [5, 5.41) is 5.12. The zero-order valence-corrected chi connectivity index (χ0v) is 10.1. The van der Waals surface area contributed by atoms with Gasteiger partial charge >= 0.3 is 0 Å². The zero-order valence-electron chi connectivity index (χ0n) is 10.1. The lowest BCUT2D eigenvalue weighted by atomic mass is 10.2. The highest BCUT2D eigenvalue weighted by Gasteiger charge is 2.13. The van der Waals surface area contributed by atoms with Gasteiger partial charge in [-0.2, -0.15) is 0 Å². The first-order chi connectivity index (χ1) is 7.47. The standard InChI is InChI=1S/C10H21N3O3/c1-7(2)4-12-9(14)5-13-10(15)8(11)6-16-3/h7-8H,4-6,11H2,1-3H3,(H,12,14)(H,13,15). The van der Waals surface area contributed by atoms with E-state index in [1.54, 1.807) is 0 Å². The van der Waals surface area contributed by atoms with Gasteiger partial charge in [-0.15, -0.1) is 0 Å². The SMILES string of the molecule is COCC(N)C(=O)NCC(=O)NCC(C)C. The van der Waals surface area contributed by atoms with Crippen molar-refractivity contribution in [1.82, 2.24) is 10.6 Å². The summed E-state index contributed by atoms with van der Waals surface area (Å²) >= 11 is 0. The smallest absolute Gasteiger partial charge is 0.239 e. The van der Waals surface area contributed by atoms with E-state index in [1.807, 2.05) is 13.8 Å². The van der Waals surface area contributed by atoms with Crippen LogP contribution in [0.25, 0.3) is 0 Å². The van der Waals surface area contributed by atoms with E-state index in [1.165, 1.54) is 7.11 Å². The highest BCUT2D eigenvalue weighted by molar-refractivity contribution is 5.87. The molecule has 0 radical (unpaired) electrons. The third-order valence-corrected chi connectivity index (χ3v) is 1.81. The van der Waals surface area contributed by atoms with Gasteiger partial charge in [0, 0.05) is 13.7 Å². The topological polar surface area (TPSA) is 93.4 Å². The van der Waals surface area contributed by atoms with E-state index in [0.29, 0.717) is 12.5 Å². The molecule has 1 unspecified atom stereocenters. The maximum atomic E-state index is 11.3. The third kappa shape index (κ3) is 7.19. The van der Waals surface area contributed by atoms with Crippen LogP contribution < -0.4 is 16.4 Å². The summed E-state index contributed by atoms with van der Waals surface area (Å²) in [6, 6.07) is -0.733. The van der Waals surface area contributed by atoms with Crippen molar-refractivity contribution in [3.8, 4) is 0 Å². The molecule has 0 spiro atoms. The number of nitrogens with one attached hydrogen (secondary N) is 2. The number of rotatable bonds is 7. The number of ether oxygens (including phenoxy) is 1. The van der Waals surface area contributed by atoms with E-state index in [9.17, 15) is 9.59 Å². The van der Waals surface area contributed by atoms with E-state index in [2.05, 4.69) is 10.6 Å². The predicted octanol–water partition coefficient (Wildman–Crippen LogP) is -1.15. The lowest BCUT2D eigenvalue weighted by Crippen LogP contribution is -2.47. The normalized spacial score (nSPS) is 12.3. The molecule has 0 heterocycles. The Morgan fingerprint density at radius 2 is 1.94 bits per heavy atom. The van der Waals surface area contributed by atoms with Crippen molar-refractivity contribution in [3.05, 3.63) is 0 Å². The molecule has 1 atom stereocenters. The molecule has 0 aromatic carbocycles. The summed E-state index contributed by atoms with van der Waals surface area (Å²) in [4.78, 5) is 22.5. The average Bonchev–Trinajstić information content (AvgIpc) is 2.23. The molecular weight excluding hydrogens is 210 g/mol. The molecule has 0 aliphatic rings. The van der Waals surface area contributed by atoms with E-state index in [0.717, 1.165) is 0 Å². The minimum atomic E-state index is -0.733. The highest BCUT2D eigenvalue weighted by atomic mass is 16.5. The fraction of sp³-hybridized carbons (Fsp3) is 0.800. The summed E-state index contributed by atoms with van der Waals surface area (Å²) < 4.78 is 4.72. The third-order valence-electron chi connectivity index (χ3n) is 1.81. The van der Waals surface area contributed by atoms with Gasteiger partial charge in [-0.05, 0) is 5.92 Å². The monoisotopic (exact) mass is 231 g/mol. The van der Waals surface area contributed by atoms with Crippen molar-refractivity contribution in [2.75, 3.05) is 26.8 Å². The van der Waals surface area contributed by atoms with Crippen molar-refractivity contribution in [2.24, 2.45) is 11.7 Å². The number of amides is 2. The molecule has 0 saturated carbocycles. The van der Waals surface area contributed by atoms with Crippen molar-refractivity contribution in [1.29, 1.82) is 0 Å². The summed E-state index contributed by atoms with van der Waals surface area (Å²) in [5.74, 6) is -0.219. The first-order valence-corrected chi connectivity index (χ1v) is 5.26. The quantitative estimate of drug-likeness (QED) is 0.515. The van der Waals surface area contributed by atoms with E-state index in [-0.39, 0.29) is 25.0 Å². The lowest BCUT2D eigenvalue weighted by Gasteiger charge is -2.11.